The van der Waals surface area contributed by atoms with Crippen molar-refractivity contribution in [1.29, 1.82) is 0 Å². The Balaban J connectivity index is 2.93. The van der Waals surface area contributed by atoms with Crippen LogP contribution in [0.5, 0.6) is 0 Å². The molecule has 0 amide bonds. The Labute approximate surface area is 70.6 Å². The van der Waals surface area contributed by atoms with Crippen LogP contribution in [-0.2, 0) is 0 Å². The van der Waals surface area contributed by atoms with Crippen LogP contribution in [0.15, 0.2) is 22.9 Å². The van der Waals surface area contributed by atoms with E-state index in [1.54, 1.807) is 6.20 Å². The number of pyridine rings is 1. The molecular formula is C6H3IN2O. The van der Waals surface area contributed by atoms with Crippen molar-refractivity contribution < 1.29 is 4.52 Å². The zero-order valence-electron chi connectivity index (χ0n) is 4.91. The minimum atomic E-state index is 0.743. The number of aromatic nitrogens is 2. The van der Waals surface area contributed by atoms with Crippen molar-refractivity contribution in [3.63, 3.8) is 0 Å². The Morgan fingerprint density at radius 3 is 3.20 bits per heavy atom. The molecule has 0 saturated heterocycles. The van der Waals surface area contributed by atoms with Gasteiger partial charge in [-0.25, -0.2) is 4.98 Å². The highest BCUT2D eigenvalue weighted by Gasteiger charge is 2.02. The zero-order valence-corrected chi connectivity index (χ0v) is 7.07. The average molecular weight is 246 g/mol. The maximum absolute atomic E-state index is 4.93. The molecule has 0 N–H and O–H groups in total. The molecule has 0 aliphatic heterocycles. The fourth-order valence-corrected chi connectivity index (χ4v) is 1.26. The first kappa shape index (κ1) is 6.09. The third-order valence-electron chi connectivity index (χ3n) is 1.19. The van der Waals surface area contributed by atoms with E-state index < -0.39 is 0 Å². The molecule has 0 bridgehead atoms. The predicted octanol–water partition coefficient (Wildman–Crippen LogP) is 1.83. The summed E-state index contributed by atoms with van der Waals surface area (Å²) < 4.78 is 5.74. The van der Waals surface area contributed by atoms with Crippen LogP contribution >= 0.6 is 22.6 Å². The van der Waals surface area contributed by atoms with E-state index in [-0.39, 0.29) is 0 Å². The van der Waals surface area contributed by atoms with Gasteiger partial charge in [0, 0.05) is 6.20 Å². The zero-order chi connectivity index (χ0) is 6.97. The maximum atomic E-state index is 4.93. The number of halogens is 1. The standard InChI is InChI=1S/C6H3IN2O/c7-6-5-4(10-9-6)2-1-3-8-5/h1-3H. The van der Waals surface area contributed by atoms with E-state index in [1.807, 2.05) is 12.1 Å². The molecule has 0 aliphatic rings. The molecule has 2 heterocycles. The van der Waals surface area contributed by atoms with Crippen LogP contribution in [0.1, 0.15) is 0 Å². The monoisotopic (exact) mass is 246 g/mol. The van der Waals surface area contributed by atoms with E-state index in [2.05, 4.69) is 32.7 Å². The molecule has 0 aliphatic carbocycles. The summed E-state index contributed by atoms with van der Waals surface area (Å²) in [6, 6.07) is 3.67. The summed E-state index contributed by atoms with van der Waals surface area (Å²) in [5.74, 6) is 0. The smallest absolute Gasteiger partial charge is 0.186 e. The van der Waals surface area contributed by atoms with Gasteiger partial charge in [0.1, 0.15) is 5.52 Å². The van der Waals surface area contributed by atoms with Gasteiger partial charge in [0.25, 0.3) is 0 Å². The Morgan fingerprint density at radius 2 is 2.40 bits per heavy atom. The van der Waals surface area contributed by atoms with Gasteiger partial charge in [0.05, 0.1) is 0 Å². The predicted molar refractivity (Wildman–Crippen MR) is 44.5 cm³/mol. The SMILES string of the molecule is Ic1noc2cccnc12. The lowest BCUT2D eigenvalue weighted by Gasteiger charge is -1.80. The number of hydrogen-bond acceptors (Lipinski definition) is 3. The van der Waals surface area contributed by atoms with Crippen LogP contribution in [-0.4, -0.2) is 10.1 Å². The second kappa shape index (κ2) is 2.19. The van der Waals surface area contributed by atoms with Crippen LogP contribution in [0.2, 0.25) is 0 Å². The van der Waals surface area contributed by atoms with Crippen LogP contribution in [0.25, 0.3) is 11.1 Å². The highest BCUT2D eigenvalue weighted by Crippen LogP contribution is 2.15. The van der Waals surface area contributed by atoms with Crippen molar-refractivity contribution >= 4 is 33.7 Å². The lowest BCUT2D eigenvalue weighted by atomic mass is 10.4. The maximum Gasteiger partial charge on any atom is 0.186 e. The second-order valence-electron chi connectivity index (χ2n) is 1.82. The van der Waals surface area contributed by atoms with E-state index in [0.717, 1.165) is 14.8 Å². The molecule has 0 aromatic carbocycles. The number of rotatable bonds is 0. The van der Waals surface area contributed by atoms with Gasteiger partial charge in [0.15, 0.2) is 9.28 Å². The lowest BCUT2D eigenvalue weighted by Crippen LogP contribution is -1.72. The summed E-state index contributed by atoms with van der Waals surface area (Å²) in [7, 11) is 0. The first-order valence-electron chi connectivity index (χ1n) is 2.74. The number of nitrogens with zero attached hydrogens (tertiary/aromatic N) is 2. The molecule has 0 fully saturated rings. The average Bonchev–Trinajstić information content (AvgIpc) is 2.34. The molecule has 3 nitrogen and oxygen atoms in total. The van der Waals surface area contributed by atoms with Gasteiger partial charge in [-0.15, -0.1) is 0 Å². The first-order chi connectivity index (χ1) is 4.88. The second-order valence-corrected chi connectivity index (χ2v) is 2.85. The van der Waals surface area contributed by atoms with Gasteiger partial charge >= 0.3 is 0 Å². The van der Waals surface area contributed by atoms with Crippen molar-refractivity contribution in [1.82, 2.24) is 10.1 Å². The summed E-state index contributed by atoms with van der Waals surface area (Å²) in [6.45, 7) is 0. The Hall–Kier alpha value is -0.650. The quantitative estimate of drug-likeness (QED) is 0.665. The van der Waals surface area contributed by atoms with Crippen molar-refractivity contribution in [2.45, 2.75) is 0 Å². The highest BCUT2D eigenvalue weighted by molar-refractivity contribution is 14.1. The van der Waals surface area contributed by atoms with Crippen molar-refractivity contribution in [3.05, 3.63) is 22.0 Å². The molecule has 2 aromatic rings. The van der Waals surface area contributed by atoms with Crippen molar-refractivity contribution in [3.8, 4) is 0 Å². The summed E-state index contributed by atoms with van der Waals surface area (Å²) in [4.78, 5) is 4.08. The summed E-state index contributed by atoms with van der Waals surface area (Å²) in [5, 5.41) is 3.74. The van der Waals surface area contributed by atoms with E-state index in [0.29, 0.717) is 0 Å². The van der Waals surface area contributed by atoms with Crippen LogP contribution in [0.3, 0.4) is 0 Å². The molecule has 0 atom stereocenters. The fraction of sp³-hybridized carbons (Fsp3) is 0. The minimum Gasteiger partial charge on any atom is -0.353 e. The molecule has 0 radical (unpaired) electrons. The van der Waals surface area contributed by atoms with Crippen LogP contribution in [0, 0.1) is 3.70 Å². The van der Waals surface area contributed by atoms with E-state index in [1.165, 1.54) is 0 Å². The summed E-state index contributed by atoms with van der Waals surface area (Å²) in [6.07, 6.45) is 1.72. The van der Waals surface area contributed by atoms with Gasteiger partial charge in [-0.05, 0) is 34.7 Å². The van der Waals surface area contributed by atoms with E-state index in [9.17, 15) is 0 Å². The summed E-state index contributed by atoms with van der Waals surface area (Å²) >= 11 is 2.09. The van der Waals surface area contributed by atoms with Gasteiger partial charge in [-0.1, -0.05) is 5.16 Å². The first-order valence-corrected chi connectivity index (χ1v) is 3.82. The van der Waals surface area contributed by atoms with E-state index >= 15 is 0 Å². The number of fused-ring (bicyclic) bond motifs is 1. The topological polar surface area (TPSA) is 38.9 Å². The van der Waals surface area contributed by atoms with Gasteiger partial charge in [0.2, 0.25) is 0 Å². The third kappa shape index (κ3) is 0.792. The molecule has 0 saturated carbocycles. The van der Waals surface area contributed by atoms with Crippen LogP contribution in [0.4, 0.5) is 0 Å². The molecule has 4 heteroatoms. The highest BCUT2D eigenvalue weighted by atomic mass is 127. The minimum absolute atomic E-state index is 0.743. The Bertz CT molecular complexity index is 357. The fourth-order valence-electron chi connectivity index (χ4n) is 0.752. The largest absolute Gasteiger partial charge is 0.353 e. The van der Waals surface area contributed by atoms with Gasteiger partial charge < -0.3 is 4.52 Å². The molecule has 2 rings (SSSR count). The van der Waals surface area contributed by atoms with Crippen molar-refractivity contribution in [2.75, 3.05) is 0 Å². The van der Waals surface area contributed by atoms with Gasteiger partial charge in [-0.2, -0.15) is 0 Å². The molecular weight excluding hydrogens is 243 g/mol. The number of hydrogen-bond donors (Lipinski definition) is 0. The molecule has 2 aromatic heterocycles. The van der Waals surface area contributed by atoms with E-state index in [4.69, 9.17) is 4.52 Å². The molecule has 50 valence electrons. The Kier molecular flexibility index (Phi) is 1.33. The summed E-state index contributed by atoms with van der Waals surface area (Å²) in [5.41, 5.74) is 1.58. The molecule has 10 heavy (non-hydrogen) atoms. The molecule has 0 unspecified atom stereocenters. The molecule has 0 spiro atoms. The third-order valence-corrected chi connectivity index (χ3v) is 1.90. The lowest BCUT2D eigenvalue weighted by molar-refractivity contribution is 0.450. The van der Waals surface area contributed by atoms with Gasteiger partial charge in [-0.3, -0.25) is 0 Å². The Morgan fingerprint density at radius 1 is 1.50 bits per heavy atom. The van der Waals surface area contributed by atoms with Crippen molar-refractivity contribution in [2.24, 2.45) is 0 Å². The van der Waals surface area contributed by atoms with Crippen LogP contribution < -0.4 is 0 Å². The normalized spacial score (nSPS) is 10.5.